The Bertz CT molecular complexity index is 375. The van der Waals surface area contributed by atoms with Gasteiger partial charge in [-0.05, 0) is 37.6 Å². The molecule has 0 heterocycles. The summed E-state index contributed by atoms with van der Waals surface area (Å²) in [4.78, 5) is 0. The standard InChI is InChI=1S/C12H15F4N/c1-4-17-11(12(14,15)16)10-8(3)5-7(2)6-9(10)13/h5-6,11,17H,4H2,1-3H3. The van der Waals surface area contributed by atoms with Gasteiger partial charge in [-0.1, -0.05) is 13.0 Å². The van der Waals surface area contributed by atoms with Crippen LogP contribution in [0.15, 0.2) is 12.1 Å². The highest BCUT2D eigenvalue weighted by Gasteiger charge is 2.42. The summed E-state index contributed by atoms with van der Waals surface area (Å²) in [5.74, 6) is -0.814. The minimum absolute atomic E-state index is 0.122. The summed E-state index contributed by atoms with van der Waals surface area (Å²) in [6.07, 6.45) is -4.50. The molecular formula is C12H15F4N. The van der Waals surface area contributed by atoms with E-state index < -0.39 is 18.0 Å². The molecule has 0 aliphatic heterocycles. The first-order chi connectivity index (χ1) is 7.77. The SMILES string of the molecule is CCNC(c1c(C)cc(C)cc1F)C(F)(F)F. The predicted octanol–water partition coefficient (Wildman–Crippen LogP) is 3.66. The van der Waals surface area contributed by atoms with Gasteiger partial charge in [0.05, 0.1) is 0 Å². The van der Waals surface area contributed by atoms with Crippen LogP contribution < -0.4 is 5.32 Å². The molecule has 1 nitrogen and oxygen atoms in total. The topological polar surface area (TPSA) is 12.0 Å². The van der Waals surface area contributed by atoms with Crippen molar-refractivity contribution in [2.45, 2.75) is 33.0 Å². The second-order valence-electron chi connectivity index (χ2n) is 4.01. The van der Waals surface area contributed by atoms with Gasteiger partial charge in [-0.3, -0.25) is 0 Å². The van der Waals surface area contributed by atoms with E-state index in [-0.39, 0.29) is 12.1 Å². The normalized spacial score (nSPS) is 13.8. The Balaban J connectivity index is 3.28. The molecule has 0 amide bonds. The summed E-state index contributed by atoms with van der Waals surface area (Å²) in [5, 5.41) is 2.27. The lowest BCUT2D eigenvalue weighted by atomic mass is 9.98. The quantitative estimate of drug-likeness (QED) is 0.806. The van der Waals surface area contributed by atoms with E-state index in [4.69, 9.17) is 0 Å². The first-order valence-corrected chi connectivity index (χ1v) is 5.34. The zero-order valence-corrected chi connectivity index (χ0v) is 9.95. The fourth-order valence-electron chi connectivity index (χ4n) is 1.88. The number of aryl methyl sites for hydroxylation is 2. The Labute approximate surface area is 97.8 Å². The molecule has 1 N–H and O–H groups in total. The zero-order chi connectivity index (χ0) is 13.2. The Morgan fingerprint density at radius 1 is 1.24 bits per heavy atom. The van der Waals surface area contributed by atoms with E-state index in [0.717, 1.165) is 6.07 Å². The van der Waals surface area contributed by atoms with E-state index in [0.29, 0.717) is 11.1 Å². The second-order valence-corrected chi connectivity index (χ2v) is 4.01. The molecule has 1 rings (SSSR count). The van der Waals surface area contributed by atoms with Crippen LogP contribution in [0, 0.1) is 19.7 Å². The largest absolute Gasteiger partial charge is 0.408 e. The Hall–Kier alpha value is -1.10. The number of alkyl halides is 3. The summed E-state index contributed by atoms with van der Waals surface area (Å²) in [6.45, 7) is 4.81. The van der Waals surface area contributed by atoms with Crippen molar-refractivity contribution >= 4 is 0 Å². The molecule has 0 radical (unpaired) electrons. The summed E-state index contributed by atoms with van der Waals surface area (Å²) in [7, 11) is 0. The maximum absolute atomic E-state index is 13.7. The lowest BCUT2D eigenvalue weighted by Crippen LogP contribution is -2.35. The van der Waals surface area contributed by atoms with E-state index in [1.54, 1.807) is 19.9 Å². The number of hydrogen-bond acceptors (Lipinski definition) is 1. The summed E-state index contributed by atoms with van der Waals surface area (Å²) < 4.78 is 52.1. The van der Waals surface area contributed by atoms with Crippen LogP contribution in [-0.2, 0) is 0 Å². The van der Waals surface area contributed by atoms with Crippen molar-refractivity contribution in [3.05, 3.63) is 34.6 Å². The molecule has 5 heteroatoms. The second kappa shape index (κ2) is 5.04. The number of nitrogens with one attached hydrogen (secondary N) is 1. The smallest absolute Gasteiger partial charge is 0.303 e. The fourth-order valence-corrected chi connectivity index (χ4v) is 1.88. The van der Waals surface area contributed by atoms with E-state index in [9.17, 15) is 17.6 Å². The minimum Gasteiger partial charge on any atom is -0.303 e. The third-order valence-electron chi connectivity index (χ3n) is 2.50. The van der Waals surface area contributed by atoms with E-state index >= 15 is 0 Å². The third kappa shape index (κ3) is 3.19. The number of halogens is 4. The molecule has 1 aromatic rings. The van der Waals surface area contributed by atoms with Crippen LogP contribution in [0.2, 0.25) is 0 Å². The third-order valence-corrected chi connectivity index (χ3v) is 2.50. The molecule has 0 bridgehead atoms. The number of hydrogen-bond donors (Lipinski definition) is 1. The van der Waals surface area contributed by atoms with Crippen LogP contribution >= 0.6 is 0 Å². The highest BCUT2D eigenvalue weighted by Crippen LogP contribution is 2.35. The van der Waals surface area contributed by atoms with Crippen molar-refractivity contribution in [2.24, 2.45) is 0 Å². The Morgan fingerprint density at radius 3 is 2.24 bits per heavy atom. The van der Waals surface area contributed by atoms with Gasteiger partial charge in [0.1, 0.15) is 11.9 Å². The van der Waals surface area contributed by atoms with Crippen LogP contribution in [-0.4, -0.2) is 12.7 Å². The summed E-state index contributed by atoms with van der Waals surface area (Å²) in [5.41, 5.74) is 0.608. The molecule has 0 saturated heterocycles. The summed E-state index contributed by atoms with van der Waals surface area (Å²) >= 11 is 0. The molecule has 1 unspecified atom stereocenters. The van der Waals surface area contributed by atoms with Gasteiger partial charge in [-0.2, -0.15) is 13.2 Å². The maximum Gasteiger partial charge on any atom is 0.408 e. The number of benzene rings is 1. The average molecular weight is 249 g/mol. The first kappa shape index (κ1) is 14.0. The molecule has 0 saturated carbocycles. The molecule has 0 aromatic heterocycles. The van der Waals surface area contributed by atoms with E-state index in [1.807, 2.05) is 0 Å². The van der Waals surface area contributed by atoms with Crippen molar-refractivity contribution in [3.63, 3.8) is 0 Å². The van der Waals surface area contributed by atoms with Gasteiger partial charge >= 0.3 is 6.18 Å². The van der Waals surface area contributed by atoms with Crippen LogP contribution in [0.1, 0.15) is 29.7 Å². The van der Waals surface area contributed by atoms with Gasteiger partial charge in [0.2, 0.25) is 0 Å². The van der Waals surface area contributed by atoms with E-state index in [1.165, 1.54) is 6.92 Å². The molecule has 1 aromatic carbocycles. The van der Waals surface area contributed by atoms with Gasteiger partial charge in [0.15, 0.2) is 0 Å². The number of rotatable bonds is 3. The van der Waals surface area contributed by atoms with Crippen LogP contribution in [0.5, 0.6) is 0 Å². The Kier molecular flexibility index (Phi) is 4.14. The molecule has 1 atom stereocenters. The zero-order valence-electron chi connectivity index (χ0n) is 9.95. The predicted molar refractivity (Wildman–Crippen MR) is 58.3 cm³/mol. The van der Waals surface area contributed by atoms with E-state index in [2.05, 4.69) is 5.32 Å². The lowest BCUT2D eigenvalue weighted by Gasteiger charge is -2.23. The summed E-state index contributed by atoms with van der Waals surface area (Å²) in [6, 6.07) is 0.723. The van der Waals surface area contributed by atoms with Gasteiger partial charge in [0.25, 0.3) is 0 Å². The van der Waals surface area contributed by atoms with Crippen LogP contribution in [0.4, 0.5) is 17.6 Å². The molecule has 0 spiro atoms. The molecule has 17 heavy (non-hydrogen) atoms. The Morgan fingerprint density at radius 2 is 1.82 bits per heavy atom. The molecule has 0 aliphatic carbocycles. The highest BCUT2D eigenvalue weighted by molar-refractivity contribution is 5.35. The van der Waals surface area contributed by atoms with Gasteiger partial charge in [0, 0.05) is 5.56 Å². The molecular weight excluding hydrogens is 234 g/mol. The van der Waals surface area contributed by atoms with Crippen molar-refractivity contribution in [3.8, 4) is 0 Å². The monoisotopic (exact) mass is 249 g/mol. The maximum atomic E-state index is 13.7. The van der Waals surface area contributed by atoms with Crippen molar-refractivity contribution in [1.82, 2.24) is 5.32 Å². The van der Waals surface area contributed by atoms with Gasteiger partial charge in [-0.25, -0.2) is 4.39 Å². The van der Waals surface area contributed by atoms with Crippen LogP contribution in [0.3, 0.4) is 0 Å². The molecule has 0 aliphatic rings. The average Bonchev–Trinajstić information content (AvgIpc) is 2.13. The van der Waals surface area contributed by atoms with Gasteiger partial charge in [-0.15, -0.1) is 0 Å². The fraction of sp³-hybridized carbons (Fsp3) is 0.500. The van der Waals surface area contributed by atoms with Crippen molar-refractivity contribution < 1.29 is 17.6 Å². The first-order valence-electron chi connectivity index (χ1n) is 5.34. The van der Waals surface area contributed by atoms with Crippen molar-refractivity contribution in [2.75, 3.05) is 6.54 Å². The van der Waals surface area contributed by atoms with Gasteiger partial charge < -0.3 is 5.32 Å². The highest BCUT2D eigenvalue weighted by atomic mass is 19.4. The minimum atomic E-state index is -4.50. The molecule has 0 fully saturated rings. The molecule has 96 valence electrons. The lowest BCUT2D eigenvalue weighted by molar-refractivity contribution is -0.158. The van der Waals surface area contributed by atoms with Crippen LogP contribution in [0.25, 0.3) is 0 Å². The van der Waals surface area contributed by atoms with Crippen molar-refractivity contribution in [1.29, 1.82) is 0 Å².